The number of nitrogens with zero attached hydrogens (tertiary/aromatic N) is 2. The number of fused-ring (bicyclic) bond motifs is 1. The highest BCUT2D eigenvalue weighted by molar-refractivity contribution is 9.10. The van der Waals surface area contributed by atoms with E-state index >= 15 is 0 Å². The van der Waals surface area contributed by atoms with Crippen molar-refractivity contribution in [2.24, 2.45) is 0 Å². The molecule has 134 valence electrons. The van der Waals surface area contributed by atoms with E-state index in [-0.39, 0.29) is 0 Å². The molecule has 3 rings (SSSR count). The van der Waals surface area contributed by atoms with Gasteiger partial charge in [-0.1, -0.05) is 39.3 Å². The van der Waals surface area contributed by atoms with Gasteiger partial charge in [-0.25, -0.2) is 0 Å². The van der Waals surface area contributed by atoms with E-state index < -0.39 is 0 Å². The van der Waals surface area contributed by atoms with Crippen LogP contribution in [-0.4, -0.2) is 36.8 Å². The molecule has 26 heavy (non-hydrogen) atoms. The summed E-state index contributed by atoms with van der Waals surface area (Å²) >= 11 is 3.44. The Kier molecular flexibility index (Phi) is 6.26. The van der Waals surface area contributed by atoms with Crippen LogP contribution in [0.25, 0.3) is 22.2 Å². The number of benzene rings is 2. The van der Waals surface area contributed by atoms with E-state index in [0.29, 0.717) is 6.61 Å². The number of halogens is 1. The number of hydrogen-bond acceptors (Lipinski definition) is 4. The summed E-state index contributed by atoms with van der Waals surface area (Å²) in [5, 5.41) is 5.19. The highest BCUT2D eigenvalue weighted by atomic mass is 79.9. The molecule has 5 heteroatoms. The van der Waals surface area contributed by atoms with Gasteiger partial charge in [0.2, 0.25) is 0 Å². The van der Waals surface area contributed by atoms with Crippen molar-refractivity contribution < 1.29 is 9.26 Å². The van der Waals surface area contributed by atoms with Crippen molar-refractivity contribution in [3.63, 3.8) is 0 Å². The van der Waals surface area contributed by atoms with Gasteiger partial charge in [-0.15, -0.1) is 6.58 Å². The van der Waals surface area contributed by atoms with Gasteiger partial charge in [-0.05, 0) is 49.5 Å². The van der Waals surface area contributed by atoms with Crippen LogP contribution in [0.2, 0.25) is 0 Å². The lowest BCUT2D eigenvalue weighted by Gasteiger charge is -2.10. The van der Waals surface area contributed by atoms with Crippen LogP contribution in [0.1, 0.15) is 0 Å². The van der Waals surface area contributed by atoms with Crippen LogP contribution in [-0.2, 0) is 0 Å². The third kappa shape index (κ3) is 4.62. The highest BCUT2D eigenvalue weighted by Crippen LogP contribution is 2.30. The predicted molar refractivity (Wildman–Crippen MR) is 109 cm³/mol. The van der Waals surface area contributed by atoms with Crippen LogP contribution in [0.5, 0.6) is 5.75 Å². The van der Waals surface area contributed by atoms with Gasteiger partial charge in [-0.2, -0.15) is 0 Å². The van der Waals surface area contributed by atoms with E-state index in [2.05, 4.69) is 45.7 Å². The number of ether oxygens (including phenoxy) is 1. The molecule has 0 fully saturated rings. The van der Waals surface area contributed by atoms with E-state index in [1.807, 2.05) is 54.6 Å². The Morgan fingerprint density at radius 3 is 2.73 bits per heavy atom. The molecule has 0 unspecified atom stereocenters. The summed E-state index contributed by atoms with van der Waals surface area (Å²) in [5.74, 6) is 0.827. The summed E-state index contributed by atoms with van der Waals surface area (Å²) < 4.78 is 12.1. The minimum absolute atomic E-state index is 0.544. The highest BCUT2D eigenvalue weighted by Gasteiger charge is 2.10. The average molecular weight is 413 g/mol. The second-order valence-electron chi connectivity index (χ2n) is 5.99. The lowest BCUT2D eigenvalue weighted by Crippen LogP contribution is -2.17. The first-order valence-electron chi connectivity index (χ1n) is 8.40. The standard InChI is InChI=1S/C21H21BrN2O2/c1-3-12-24(2)13-4-5-14-25-18-9-6-16(7-10-18)21-19-11-8-17(22)15-20(19)26-23-21/h3-11,15H,1,12-14H2,2H3. The Morgan fingerprint density at radius 1 is 1.15 bits per heavy atom. The normalized spacial score (nSPS) is 11.5. The van der Waals surface area contributed by atoms with Crippen molar-refractivity contribution in [1.29, 1.82) is 0 Å². The lowest BCUT2D eigenvalue weighted by atomic mass is 10.1. The summed E-state index contributed by atoms with van der Waals surface area (Å²) in [7, 11) is 2.05. The number of rotatable bonds is 8. The summed E-state index contributed by atoms with van der Waals surface area (Å²) in [6.45, 7) is 6.03. The topological polar surface area (TPSA) is 38.5 Å². The van der Waals surface area contributed by atoms with Crippen molar-refractivity contribution in [2.45, 2.75) is 0 Å². The number of aromatic nitrogens is 1. The van der Waals surface area contributed by atoms with Gasteiger partial charge < -0.3 is 9.26 Å². The monoisotopic (exact) mass is 412 g/mol. The Hall–Kier alpha value is -2.37. The maximum Gasteiger partial charge on any atom is 0.168 e. The fourth-order valence-corrected chi connectivity index (χ4v) is 2.93. The Balaban J connectivity index is 1.60. The smallest absolute Gasteiger partial charge is 0.168 e. The van der Waals surface area contributed by atoms with Crippen LogP contribution in [0.3, 0.4) is 0 Å². The van der Waals surface area contributed by atoms with Gasteiger partial charge in [0.15, 0.2) is 5.58 Å². The average Bonchev–Trinajstić information content (AvgIpc) is 3.05. The Morgan fingerprint density at radius 2 is 1.96 bits per heavy atom. The summed E-state index contributed by atoms with van der Waals surface area (Å²) in [6, 6.07) is 13.8. The van der Waals surface area contributed by atoms with E-state index in [0.717, 1.165) is 45.5 Å². The molecule has 0 spiro atoms. The largest absolute Gasteiger partial charge is 0.490 e. The van der Waals surface area contributed by atoms with Gasteiger partial charge >= 0.3 is 0 Å². The quantitative estimate of drug-likeness (QED) is 0.469. The first-order chi connectivity index (χ1) is 12.7. The molecule has 0 atom stereocenters. The first-order valence-corrected chi connectivity index (χ1v) is 9.19. The number of likely N-dealkylation sites (N-methyl/N-ethyl adjacent to an activating group) is 1. The molecule has 4 nitrogen and oxygen atoms in total. The molecule has 0 N–H and O–H groups in total. The molecular formula is C21H21BrN2O2. The molecule has 0 amide bonds. The van der Waals surface area contributed by atoms with Crippen LogP contribution in [0.4, 0.5) is 0 Å². The third-order valence-electron chi connectivity index (χ3n) is 3.93. The fraction of sp³-hybridized carbons (Fsp3) is 0.190. The molecule has 3 aromatic rings. The SMILES string of the molecule is C=CCN(C)CC=CCOc1ccc(-c2noc3cc(Br)ccc23)cc1. The van der Waals surface area contributed by atoms with E-state index in [4.69, 9.17) is 9.26 Å². The van der Waals surface area contributed by atoms with Crippen molar-refractivity contribution in [3.05, 3.63) is 71.7 Å². The molecule has 2 aromatic carbocycles. The van der Waals surface area contributed by atoms with Crippen LogP contribution >= 0.6 is 15.9 Å². The van der Waals surface area contributed by atoms with E-state index in [1.54, 1.807) is 0 Å². The van der Waals surface area contributed by atoms with Crippen molar-refractivity contribution in [3.8, 4) is 17.0 Å². The van der Waals surface area contributed by atoms with Crippen molar-refractivity contribution in [2.75, 3.05) is 26.7 Å². The zero-order chi connectivity index (χ0) is 18.4. The second-order valence-corrected chi connectivity index (χ2v) is 6.90. The van der Waals surface area contributed by atoms with Gasteiger partial charge in [0.1, 0.15) is 18.1 Å². The van der Waals surface area contributed by atoms with Crippen LogP contribution in [0, 0.1) is 0 Å². The molecule has 1 heterocycles. The van der Waals surface area contributed by atoms with Gasteiger partial charge in [0, 0.05) is 28.5 Å². The third-order valence-corrected chi connectivity index (χ3v) is 4.43. The molecule has 0 saturated heterocycles. The first kappa shape index (κ1) is 18.4. The second kappa shape index (κ2) is 8.83. The minimum Gasteiger partial charge on any atom is -0.490 e. The lowest BCUT2D eigenvalue weighted by molar-refractivity contribution is 0.360. The predicted octanol–water partition coefficient (Wildman–Crippen LogP) is 5.31. The molecule has 0 aliphatic carbocycles. The van der Waals surface area contributed by atoms with Crippen molar-refractivity contribution in [1.82, 2.24) is 10.1 Å². The molecule has 0 aliphatic heterocycles. The molecule has 0 aliphatic rings. The van der Waals surface area contributed by atoms with Gasteiger partial charge in [0.25, 0.3) is 0 Å². The molecule has 0 bridgehead atoms. The minimum atomic E-state index is 0.544. The van der Waals surface area contributed by atoms with Gasteiger partial charge in [-0.3, -0.25) is 4.90 Å². The summed E-state index contributed by atoms with van der Waals surface area (Å²) in [4.78, 5) is 2.17. The maximum absolute atomic E-state index is 5.75. The maximum atomic E-state index is 5.75. The summed E-state index contributed by atoms with van der Waals surface area (Å²) in [6.07, 6.45) is 6.01. The molecule has 1 aromatic heterocycles. The van der Waals surface area contributed by atoms with Crippen molar-refractivity contribution >= 4 is 26.9 Å². The van der Waals surface area contributed by atoms with Gasteiger partial charge in [0.05, 0.1) is 0 Å². The zero-order valence-corrected chi connectivity index (χ0v) is 16.3. The zero-order valence-electron chi connectivity index (χ0n) is 14.7. The Bertz CT molecular complexity index is 900. The Labute approximate surface area is 161 Å². The fourth-order valence-electron chi connectivity index (χ4n) is 2.59. The van der Waals surface area contributed by atoms with Crippen LogP contribution in [0.15, 0.2) is 76.3 Å². The van der Waals surface area contributed by atoms with E-state index in [9.17, 15) is 0 Å². The van der Waals surface area contributed by atoms with Crippen LogP contribution < -0.4 is 4.74 Å². The molecule has 0 radical (unpaired) electrons. The van der Waals surface area contributed by atoms with E-state index in [1.165, 1.54) is 0 Å². The molecular weight excluding hydrogens is 392 g/mol. The summed E-state index contributed by atoms with van der Waals surface area (Å²) in [5.41, 5.74) is 2.60. The molecule has 0 saturated carbocycles. The number of hydrogen-bond donors (Lipinski definition) is 0.